The summed E-state index contributed by atoms with van der Waals surface area (Å²) in [5.74, 6) is 0.677. The number of nitrogens with two attached hydrogens (primary N) is 1. The van der Waals surface area contributed by atoms with Crippen molar-refractivity contribution in [3.63, 3.8) is 0 Å². The van der Waals surface area contributed by atoms with E-state index in [4.69, 9.17) is 10.5 Å². The van der Waals surface area contributed by atoms with Crippen LogP contribution in [-0.4, -0.2) is 9.78 Å². The second-order valence-corrected chi connectivity index (χ2v) is 5.84. The van der Waals surface area contributed by atoms with Crippen molar-refractivity contribution in [2.24, 2.45) is 0 Å². The average molecular weight is 389 g/mol. The SMILES string of the molecule is CCn1nc(C)c(Br)c1COc1ccc(Br)cc1N. The second-order valence-electron chi connectivity index (χ2n) is 4.13. The maximum absolute atomic E-state index is 5.91. The first-order valence-electron chi connectivity index (χ1n) is 5.92. The number of rotatable bonds is 4. The van der Waals surface area contributed by atoms with Crippen LogP contribution in [0.25, 0.3) is 0 Å². The molecule has 0 saturated heterocycles. The largest absolute Gasteiger partial charge is 0.485 e. The molecule has 0 unspecified atom stereocenters. The van der Waals surface area contributed by atoms with Crippen molar-refractivity contribution >= 4 is 37.5 Å². The van der Waals surface area contributed by atoms with Gasteiger partial charge in [-0.25, -0.2) is 0 Å². The molecule has 19 heavy (non-hydrogen) atoms. The van der Waals surface area contributed by atoms with Crippen molar-refractivity contribution in [3.05, 3.63) is 38.5 Å². The molecule has 1 heterocycles. The minimum atomic E-state index is 0.432. The molecule has 0 aliphatic carbocycles. The van der Waals surface area contributed by atoms with E-state index in [1.54, 1.807) is 0 Å². The first-order valence-corrected chi connectivity index (χ1v) is 7.51. The van der Waals surface area contributed by atoms with Crippen molar-refractivity contribution in [2.75, 3.05) is 5.73 Å². The van der Waals surface area contributed by atoms with Gasteiger partial charge in [-0.15, -0.1) is 0 Å². The number of aromatic nitrogens is 2. The van der Waals surface area contributed by atoms with E-state index in [-0.39, 0.29) is 0 Å². The second kappa shape index (κ2) is 5.96. The molecule has 6 heteroatoms. The summed E-state index contributed by atoms with van der Waals surface area (Å²) < 4.78 is 9.63. The van der Waals surface area contributed by atoms with Crippen LogP contribution in [0.4, 0.5) is 5.69 Å². The van der Waals surface area contributed by atoms with Crippen molar-refractivity contribution in [2.45, 2.75) is 27.0 Å². The van der Waals surface area contributed by atoms with Gasteiger partial charge in [0.1, 0.15) is 12.4 Å². The lowest BCUT2D eigenvalue weighted by Gasteiger charge is -2.10. The van der Waals surface area contributed by atoms with Crippen LogP contribution in [0, 0.1) is 6.92 Å². The number of halogens is 2. The first kappa shape index (κ1) is 14.4. The van der Waals surface area contributed by atoms with Gasteiger partial charge in [-0.3, -0.25) is 4.68 Å². The number of hydrogen-bond acceptors (Lipinski definition) is 3. The Morgan fingerprint density at radius 1 is 1.37 bits per heavy atom. The van der Waals surface area contributed by atoms with Crippen LogP contribution in [0.2, 0.25) is 0 Å². The Morgan fingerprint density at radius 2 is 2.11 bits per heavy atom. The number of hydrogen-bond donors (Lipinski definition) is 1. The molecule has 0 saturated carbocycles. The summed E-state index contributed by atoms with van der Waals surface area (Å²) in [5.41, 5.74) is 8.50. The predicted molar refractivity (Wildman–Crippen MR) is 83.2 cm³/mol. The zero-order valence-electron chi connectivity index (χ0n) is 10.8. The zero-order valence-corrected chi connectivity index (χ0v) is 14.0. The zero-order chi connectivity index (χ0) is 14.0. The Morgan fingerprint density at radius 3 is 2.74 bits per heavy atom. The van der Waals surface area contributed by atoms with E-state index < -0.39 is 0 Å². The highest BCUT2D eigenvalue weighted by Crippen LogP contribution is 2.28. The van der Waals surface area contributed by atoms with Gasteiger partial charge < -0.3 is 10.5 Å². The molecule has 4 nitrogen and oxygen atoms in total. The van der Waals surface area contributed by atoms with E-state index >= 15 is 0 Å². The molecular weight excluding hydrogens is 374 g/mol. The fraction of sp³-hybridized carbons (Fsp3) is 0.308. The van der Waals surface area contributed by atoms with E-state index in [2.05, 4.69) is 43.9 Å². The Hall–Kier alpha value is -1.01. The molecule has 2 N–H and O–H groups in total. The maximum atomic E-state index is 5.91. The topological polar surface area (TPSA) is 53.1 Å². The van der Waals surface area contributed by atoms with E-state index in [0.29, 0.717) is 18.0 Å². The summed E-state index contributed by atoms with van der Waals surface area (Å²) >= 11 is 6.92. The molecule has 0 aliphatic rings. The molecule has 0 bridgehead atoms. The van der Waals surface area contributed by atoms with Gasteiger partial charge in [-0.05, 0) is 48.0 Å². The summed E-state index contributed by atoms with van der Waals surface area (Å²) in [7, 11) is 0. The minimum absolute atomic E-state index is 0.432. The molecule has 0 radical (unpaired) electrons. The van der Waals surface area contributed by atoms with Gasteiger partial charge in [-0.2, -0.15) is 5.10 Å². The van der Waals surface area contributed by atoms with Crippen LogP contribution in [0.5, 0.6) is 5.75 Å². The van der Waals surface area contributed by atoms with Crippen LogP contribution in [0.3, 0.4) is 0 Å². The number of aryl methyl sites for hydroxylation is 2. The van der Waals surface area contributed by atoms with Gasteiger partial charge in [0.2, 0.25) is 0 Å². The van der Waals surface area contributed by atoms with Crippen molar-refractivity contribution in [1.29, 1.82) is 0 Å². The molecule has 1 aromatic heterocycles. The standard InChI is InChI=1S/C13H15Br2N3O/c1-3-18-11(13(15)8(2)17-18)7-19-12-5-4-9(14)6-10(12)16/h4-6H,3,7,16H2,1-2H3. The van der Waals surface area contributed by atoms with Crippen molar-refractivity contribution < 1.29 is 4.74 Å². The molecule has 0 fully saturated rings. The highest BCUT2D eigenvalue weighted by molar-refractivity contribution is 9.10. The molecule has 102 valence electrons. The van der Waals surface area contributed by atoms with Crippen molar-refractivity contribution in [1.82, 2.24) is 9.78 Å². The third kappa shape index (κ3) is 3.12. The molecule has 2 rings (SSSR count). The maximum Gasteiger partial charge on any atom is 0.142 e. The number of benzene rings is 1. The minimum Gasteiger partial charge on any atom is -0.485 e. The normalized spacial score (nSPS) is 10.7. The van der Waals surface area contributed by atoms with Gasteiger partial charge in [-0.1, -0.05) is 15.9 Å². The lowest BCUT2D eigenvalue weighted by atomic mass is 10.3. The fourth-order valence-electron chi connectivity index (χ4n) is 1.80. The van der Waals surface area contributed by atoms with E-state index in [1.807, 2.05) is 29.8 Å². The van der Waals surface area contributed by atoms with Gasteiger partial charge in [0.15, 0.2) is 0 Å². The molecule has 0 amide bonds. The smallest absolute Gasteiger partial charge is 0.142 e. The third-order valence-electron chi connectivity index (χ3n) is 2.79. The predicted octanol–water partition coefficient (Wildman–Crippen LogP) is 3.90. The quantitative estimate of drug-likeness (QED) is 0.808. The van der Waals surface area contributed by atoms with Crippen LogP contribution in [-0.2, 0) is 13.2 Å². The number of ether oxygens (including phenoxy) is 1. The molecule has 2 aromatic rings. The summed E-state index contributed by atoms with van der Waals surface area (Å²) in [6, 6.07) is 5.59. The van der Waals surface area contributed by atoms with Gasteiger partial charge in [0.05, 0.1) is 21.5 Å². The summed E-state index contributed by atoms with van der Waals surface area (Å²) in [6.07, 6.45) is 0. The van der Waals surface area contributed by atoms with Crippen LogP contribution < -0.4 is 10.5 Å². The number of anilines is 1. The number of nitrogen functional groups attached to an aromatic ring is 1. The monoisotopic (exact) mass is 387 g/mol. The van der Waals surface area contributed by atoms with Crippen LogP contribution in [0.1, 0.15) is 18.3 Å². The Labute approximate surface area is 129 Å². The van der Waals surface area contributed by atoms with Crippen LogP contribution >= 0.6 is 31.9 Å². The lowest BCUT2D eigenvalue weighted by Crippen LogP contribution is -2.07. The highest BCUT2D eigenvalue weighted by atomic mass is 79.9. The summed E-state index contributed by atoms with van der Waals surface area (Å²) in [5, 5.41) is 4.43. The first-order chi connectivity index (χ1) is 9.02. The third-order valence-corrected chi connectivity index (χ3v) is 4.31. The average Bonchev–Trinajstić information content (AvgIpc) is 2.65. The Bertz CT molecular complexity index is 596. The van der Waals surface area contributed by atoms with Gasteiger partial charge >= 0.3 is 0 Å². The molecule has 0 spiro atoms. The van der Waals surface area contributed by atoms with Gasteiger partial charge in [0.25, 0.3) is 0 Å². The van der Waals surface area contributed by atoms with E-state index in [1.165, 1.54) is 0 Å². The molecule has 1 aromatic carbocycles. The molecule has 0 aliphatic heterocycles. The summed E-state index contributed by atoms with van der Waals surface area (Å²) in [4.78, 5) is 0. The molecular formula is C13H15Br2N3O. The number of nitrogens with zero attached hydrogens (tertiary/aromatic N) is 2. The Balaban J connectivity index is 2.18. The van der Waals surface area contributed by atoms with E-state index in [0.717, 1.165) is 26.9 Å². The van der Waals surface area contributed by atoms with Crippen molar-refractivity contribution in [3.8, 4) is 5.75 Å². The Kier molecular flexibility index (Phi) is 4.52. The highest BCUT2D eigenvalue weighted by Gasteiger charge is 2.13. The van der Waals surface area contributed by atoms with Crippen LogP contribution in [0.15, 0.2) is 27.1 Å². The fourth-order valence-corrected chi connectivity index (χ4v) is 2.58. The summed E-state index contributed by atoms with van der Waals surface area (Å²) in [6.45, 7) is 5.26. The van der Waals surface area contributed by atoms with Gasteiger partial charge in [0, 0.05) is 11.0 Å². The molecule has 0 atom stereocenters. The lowest BCUT2D eigenvalue weighted by molar-refractivity contribution is 0.293. The van der Waals surface area contributed by atoms with E-state index in [9.17, 15) is 0 Å².